The molecule has 0 bridgehead atoms. The average molecular weight is 148 g/mol. The fourth-order valence-corrected chi connectivity index (χ4v) is 0.637. The number of carbonyl (C=O) groups is 1. The van der Waals surface area contributed by atoms with Crippen LogP contribution in [-0.4, -0.2) is 11.6 Å². The predicted octanol–water partition coefficient (Wildman–Crippen LogP) is 0.552. The van der Waals surface area contributed by atoms with Crippen LogP contribution in [0.2, 0.25) is 0 Å². The maximum Gasteiger partial charge on any atom is 0.267 e. The van der Waals surface area contributed by atoms with Gasteiger partial charge >= 0.3 is 0 Å². The molecule has 0 aromatic carbocycles. The van der Waals surface area contributed by atoms with E-state index < -0.39 is 5.91 Å². The second-order valence-electron chi connectivity index (χ2n) is 1.96. The number of hydrogen-bond donors (Lipinski definition) is 1. The number of aliphatic imine (C=N–C) groups is 1. The maximum atomic E-state index is 10.6. The first-order valence-corrected chi connectivity index (χ1v) is 3.18. The van der Waals surface area contributed by atoms with E-state index in [4.69, 9.17) is 5.73 Å². The van der Waals surface area contributed by atoms with E-state index >= 15 is 0 Å². The van der Waals surface area contributed by atoms with Gasteiger partial charge in [-0.3, -0.25) is 9.79 Å². The Kier molecular flexibility index (Phi) is 2.38. The molecule has 2 N–H and O–H groups in total. The molecule has 1 rings (SSSR count). The Morgan fingerprint density at radius 1 is 1.27 bits per heavy atom. The van der Waals surface area contributed by atoms with Gasteiger partial charge in [-0.2, -0.15) is 0 Å². The van der Waals surface area contributed by atoms with Gasteiger partial charge in [0.05, 0.1) is 0 Å². The summed E-state index contributed by atoms with van der Waals surface area (Å²) in [5.74, 6) is -0.513. The normalized spacial score (nSPS) is 21.3. The van der Waals surface area contributed by atoms with Gasteiger partial charge < -0.3 is 5.73 Å². The molecule has 0 radical (unpaired) electrons. The van der Waals surface area contributed by atoms with Crippen LogP contribution in [0.3, 0.4) is 0 Å². The number of carbonyl (C=O) groups excluding carboxylic acids is 1. The van der Waals surface area contributed by atoms with E-state index in [1.54, 1.807) is 24.3 Å². The standard InChI is InChI=1S/C8H8N2O/c9-8(11)7-5-3-1-2-4-6-10-7/h1-6H,(H2,9,11)/b2-1-,3-1?,4-2?,5-3?,6-4-,7-5?,10-6?,10-7?. The highest BCUT2D eigenvalue weighted by Crippen LogP contribution is 1.90. The molecule has 0 saturated heterocycles. The number of allylic oxidation sites excluding steroid dienone is 4. The van der Waals surface area contributed by atoms with Gasteiger partial charge in [-0.25, -0.2) is 0 Å². The van der Waals surface area contributed by atoms with Crippen molar-refractivity contribution >= 4 is 11.6 Å². The Morgan fingerprint density at radius 2 is 2.00 bits per heavy atom. The van der Waals surface area contributed by atoms with Crippen LogP contribution in [0.15, 0.2) is 41.6 Å². The van der Waals surface area contributed by atoms with E-state index in [1.165, 1.54) is 6.20 Å². The molecule has 0 aromatic rings. The molecule has 3 heteroatoms. The molecule has 0 aromatic heterocycles. The number of nitrogens with two attached hydrogens (primary N) is 1. The van der Waals surface area contributed by atoms with Crippen molar-refractivity contribution in [1.82, 2.24) is 0 Å². The molecule has 1 aliphatic heterocycles. The van der Waals surface area contributed by atoms with Crippen molar-refractivity contribution < 1.29 is 4.79 Å². The second kappa shape index (κ2) is 3.51. The molecule has 0 atom stereocenters. The van der Waals surface area contributed by atoms with E-state index in [0.717, 1.165) is 0 Å². The zero-order valence-corrected chi connectivity index (χ0v) is 5.90. The fourth-order valence-electron chi connectivity index (χ4n) is 0.637. The molecular formula is C8H8N2O. The van der Waals surface area contributed by atoms with Crippen molar-refractivity contribution in [3.05, 3.63) is 36.6 Å². The summed E-state index contributed by atoms with van der Waals surface area (Å²) < 4.78 is 0. The van der Waals surface area contributed by atoms with Crippen LogP contribution in [0.4, 0.5) is 0 Å². The van der Waals surface area contributed by atoms with Crippen LogP contribution in [-0.2, 0) is 4.79 Å². The summed E-state index contributed by atoms with van der Waals surface area (Å²) in [6.45, 7) is 0. The van der Waals surface area contributed by atoms with Gasteiger partial charge in [0.2, 0.25) is 0 Å². The molecule has 1 aliphatic rings. The van der Waals surface area contributed by atoms with Crippen LogP contribution >= 0.6 is 0 Å². The first kappa shape index (κ1) is 7.47. The molecule has 0 spiro atoms. The van der Waals surface area contributed by atoms with Gasteiger partial charge in [0.15, 0.2) is 0 Å². The lowest BCUT2D eigenvalue weighted by molar-refractivity contribution is -0.111. The molecule has 11 heavy (non-hydrogen) atoms. The third-order valence-electron chi connectivity index (χ3n) is 1.14. The van der Waals surface area contributed by atoms with Crippen molar-refractivity contribution in [3.8, 4) is 0 Å². The van der Waals surface area contributed by atoms with Crippen LogP contribution in [0.25, 0.3) is 0 Å². The average Bonchev–Trinajstić information content (AvgIpc) is 1.84. The van der Waals surface area contributed by atoms with Gasteiger partial charge in [0.1, 0.15) is 5.71 Å². The summed E-state index contributed by atoms with van der Waals surface area (Å²) in [5.41, 5.74) is 5.28. The third kappa shape index (κ3) is 2.21. The topological polar surface area (TPSA) is 55.5 Å². The highest BCUT2D eigenvalue weighted by atomic mass is 16.1. The fraction of sp³-hybridized carbons (Fsp3) is 0. The van der Waals surface area contributed by atoms with E-state index in [0.29, 0.717) is 0 Å². The summed E-state index contributed by atoms with van der Waals surface area (Å²) in [7, 11) is 0. The Hall–Kier alpha value is -1.64. The van der Waals surface area contributed by atoms with E-state index in [2.05, 4.69) is 4.99 Å². The van der Waals surface area contributed by atoms with Gasteiger partial charge in [-0.15, -0.1) is 0 Å². The molecule has 0 unspecified atom stereocenters. The number of primary amides is 1. The summed E-state index contributed by atoms with van der Waals surface area (Å²) >= 11 is 0. The van der Waals surface area contributed by atoms with Crippen molar-refractivity contribution in [2.75, 3.05) is 0 Å². The zero-order chi connectivity index (χ0) is 8.10. The largest absolute Gasteiger partial charge is 0.364 e. The third-order valence-corrected chi connectivity index (χ3v) is 1.14. The summed E-state index contributed by atoms with van der Waals surface area (Å²) in [5, 5.41) is 0. The molecule has 0 fully saturated rings. The van der Waals surface area contributed by atoms with Gasteiger partial charge in [0.25, 0.3) is 5.91 Å². The van der Waals surface area contributed by atoms with Crippen molar-refractivity contribution in [3.63, 3.8) is 0 Å². The van der Waals surface area contributed by atoms with Crippen LogP contribution < -0.4 is 5.73 Å². The SMILES string of the molecule is NC(=O)C1=N/C=C\C=C/C=C1. The van der Waals surface area contributed by atoms with Crippen molar-refractivity contribution in [2.45, 2.75) is 0 Å². The summed E-state index contributed by atoms with van der Waals surface area (Å²) in [6.07, 6.45) is 10.2. The second-order valence-corrected chi connectivity index (χ2v) is 1.96. The Bertz CT molecular complexity index is 272. The number of hydrogen-bond acceptors (Lipinski definition) is 2. The highest BCUT2D eigenvalue weighted by Gasteiger charge is 1.99. The van der Waals surface area contributed by atoms with Crippen molar-refractivity contribution in [2.24, 2.45) is 10.7 Å². The van der Waals surface area contributed by atoms with Gasteiger partial charge in [-0.05, 0) is 12.2 Å². The monoisotopic (exact) mass is 148 g/mol. The zero-order valence-electron chi connectivity index (χ0n) is 5.90. The predicted molar refractivity (Wildman–Crippen MR) is 44.0 cm³/mol. The number of nitrogens with zero attached hydrogens (tertiary/aromatic N) is 1. The molecule has 0 aliphatic carbocycles. The number of rotatable bonds is 1. The number of amides is 1. The lowest BCUT2D eigenvalue weighted by Crippen LogP contribution is -2.21. The molecule has 1 heterocycles. The Morgan fingerprint density at radius 3 is 2.73 bits per heavy atom. The van der Waals surface area contributed by atoms with Crippen LogP contribution in [0.5, 0.6) is 0 Å². The summed E-state index contributed by atoms with van der Waals surface area (Å²) in [6, 6.07) is 0. The quantitative estimate of drug-likeness (QED) is 0.580. The van der Waals surface area contributed by atoms with Gasteiger partial charge in [-0.1, -0.05) is 18.2 Å². The summed E-state index contributed by atoms with van der Waals surface area (Å²) in [4.78, 5) is 14.4. The molecule has 1 amide bonds. The minimum absolute atomic E-state index is 0.269. The Labute approximate surface area is 64.6 Å². The molecule has 56 valence electrons. The lowest BCUT2D eigenvalue weighted by Gasteiger charge is -1.92. The Balaban J connectivity index is 2.87. The van der Waals surface area contributed by atoms with E-state index in [1.807, 2.05) is 6.08 Å². The van der Waals surface area contributed by atoms with Crippen molar-refractivity contribution in [1.29, 1.82) is 0 Å². The first-order chi connectivity index (χ1) is 5.30. The minimum Gasteiger partial charge on any atom is -0.364 e. The van der Waals surface area contributed by atoms with Gasteiger partial charge in [0, 0.05) is 6.20 Å². The molecule has 0 saturated carbocycles. The highest BCUT2D eigenvalue weighted by molar-refractivity contribution is 6.43. The first-order valence-electron chi connectivity index (χ1n) is 3.18. The minimum atomic E-state index is -0.513. The van der Waals surface area contributed by atoms with Crippen LogP contribution in [0, 0.1) is 0 Å². The molecular weight excluding hydrogens is 140 g/mol. The molecule has 3 nitrogen and oxygen atoms in total. The smallest absolute Gasteiger partial charge is 0.267 e. The lowest BCUT2D eigenvalue weighted by atomic mass is 10.3. The van der Waals surface area contributed by atoms with E-state index in [9.17, 15) is 4.79 Å². The van der Waals surface area contributed by atoms with Crippen LogP contribution in [0.1, 0.15) is 0 Å². The maximum absolute atomic E-state index is 10.6. The van der Waals surface area contributed by atoms with E-state index in [-0.39, 0.29) is 5.71 Å².